The van der Waals surface area contributed by atoms with Crippen molar-refractivity contribution in [1.82, 2.24) is 0 Å². The number of nitrogens with zero attached hydrogens (tertiary/aromatic N) is 2. The maximum Gasteiger partial charge on any atom is 0.163 e. The van der Waals surface area contributed by atoms with E-state index in [2.05, 4.69) is 16.1 Å². The number of aliphatic imine (C=N–C) groups is 2. The summed E-state index contributed by atoms with van der Waals surface area (Å²) in [4.78, 5) is 8.80. The Balaban J connectivity index is 2.06. The topological polar surface area (TPSA) is 45.0 Å². The largest absolute Gasteiger partial charge is 0.507 e. The zero-order chi connectivity index (χ0) is 11.0. The van der Waals surface area contributed by atoms with Gasteiger partial charge in [0.25, 0.3) is 0 Å². The van der Waals surface area contributed by atoms with Crippen LogP contribution in [0.25, 0.3) is 0 Å². The first-order valence-electron chi connectivity index (χ1n) is 5.07. The van der Waals surface area contributed by atoms with Crippen LogP contribution in [0.15, 0.2) is 52.1 Å². The van der Waals surface area contributed by atoms with E-state index in [0.29, 0.717) is 11.4 Å². The van der Waals surface area contributed by atoms with Gasteiger partial charge in [-0.25, -0.2) is 9.98 Å². The number of rotatable bonds is 1. The summed E-state index contributed by atoms with van der Waals surface area (Å²) in [6, 6.07) is 7.84. The van der Waals surface area contributed by atoms with E-state index < -0.39 is 0 Å². The van der Waals surface area contributed by atoms with Gasteiger partial charge in [-0.15, -0.1) is 0 Å². The Kier molecular flexibility index (Phi) is 1.96. The van der Waals surface area contributed by atoms with Crippen LogP contribution in [0.4, 0.5) is 0 Å². The summed E-state index contributed by atoms with van der Waals surface area (Å²) in [6.07, 6.45) is 6.75. The molecule has 0 amide bonds. The molecule has 1 heterocycles. The second kappa shape index (κ2) is 3.45. The van der Waals surface area contributed by atoms with Gasteiger partial charge in [-0.2, -0.15) is 0 Å². The van der Waals surface area contributed by atoms with E-state index in [4.69, 9.17) is 0 Å². The van der Waals surface area contributed by atoms with Crippen molar-refractivity contribution in [2.45, 2.75) is 6.42 Å². The number of phenols is 1. The smallest absolute Gasteiger partial charge is 0.163 e. The van der Waals surface area contributed by atoms with E-state index in [1.165, 1.54) is 6.07 Å². The molecule has 0 saturated heterocycles. The highest BCUT2D eigenvalue weighted by atomic mass is 16.3. The molecule has 1 aromatic rings. The number of aromatic hydroxyl groups is 1. The van der Waals surface area contributed by atoms with E-state index in [0.717, 1.165) is 17.8 Å². The number of phenolic OH excluding ortho intramolecular Hbond substituents is 1. The van der Waals surface area contributed by atoms with Gasteiger partial charge in [-0.05, 0) is 24.3 Å². The number of benzene rings is 1. The minimum atomic E-state index is 0.165. The Hall–Kier alpha value is -2.16. The molecule has 0 spiro atoms. The first-order chi connectivity index (χ1) is 7.84. The maximum atomic E-state index is 9.69. The van der Waals surface area contributed by atoms with E-state index in [1.807, 2.05) is 18.2 Å². The maximum absolute atomic E-state index is 9.69. The summed E-state index contributed by atoms with van der Waals surface area (Å²) in [7, 11) is 0. The fraction of sp³-hybridized carbons (Fsp3) is 0.0769. The van der Waals surface area contributed by atoms with Crippen LogP contribution in [0.1, 0.15) is 12.0 Å². The number of amidine groups is 1. The Bertz CT molecular complexity index is 565. The van der Waals surface area contributed by atoms with Crippen LogP contribution in [0.2, 0.25) is 0 Å². The molecule has 0 aromatic heterocycles. The summed E-state index contributed by atoms with van der Waals surface area (Å²) in [5.74, 6) is 0.745. The highest BCUT2D eigenvalue weighted by Crippen LogP contribution is 2.24. The van der Waals surface area contributed by atoms with Gasteiger partial charge in [0.05, 0.1) is 17.0 Å². The lowest BCUT2D eigenvalue weighted by molar-refractivity contribution is 0.474. The monoisotopic (exact) mass is 209 g/mol. The first kappa shape index (κ1) is 9.09. The molecule has 16 heavy (non-hydrogen) atoms. The summed E-state index contributed by atoms with van der Waals surface area (Å²) in [6.45, 7) is 0. The van der Waals surface area contributed by atoms with E-state index in [-0.39, 0.29) is 5.75 Å². The molecule has 3 nitrogen and oxygen atoms in total. The van der Waals surface area contributed by atoms with Crippen LogP contribution in [-0.2, 0) is 0 Å². The summed E-state index contributed by atoms with van der Waals surface area (Å²) < 4.78 is 0. The number of hydrogen-bond acceptors (Lipinski definition) is 3. The Morgan fingerprint density at radius 1 is 1.31 bits per heavy atom. The van der Waals surface area contributed by atoms with E-state index in [9.17, 15) is 5.11 Å². The molecule has 0 unspecified atom stereocenters. The SMILES string of the molecule is Oc1c[c]ccc1C1=NC2=CC=CCC2=N1. The lowest BCUT2D eigenvalue weighted by atomic mass is 10.1. The molecule has 77 valence electrons. The summed E-state index contributed by atoms with van der Waals surface area (Å²) in [5.41, 5.74) is 2.51. The molecular formula is C13H9N2O. The van der Waals surface area contributed by atoms with Crippen LogP contribution < -0.4 is 0 Å². The highest BCUT2D eigenvalue weighted by molar-refractivity contribution is 6.19. The molecule has 1 aromatic carbocycles. The van der Waals surface area contributed by atoms with Crippen molar-refractivity contribution >= 4 is 11.5 Å². The predicted octanol–water partition coefficient (Wildman–Crippen LogP) is 2.24. The molecule has 0 saturated carbocycles. The average Bonchev–Trinajstić information content (AvgIpc) is 2.73. The molecule has 1 N–H and O–H groups in total. The van der Waals surface area contributed by atoms with Gasteiger partial charge >= 0.3 is 0 Å². The first-order valence-corrected chi connectivity index (χ1v) is 5.07. The lowest BCUT2D eigenvalue weighted by Crippen LogP contribution is -1.98. The second-order valence-corrected chi connectivity index (χ2v) is 3.62. The van der Waals surface area contributed by atoms with Gasteiger partial charge in [0.2, 0.25) is 0 Å². The van der Waals surface area contributed by atoms with Gasteiger partial charge in [0.1, 0.15) is 5.75 Å². The van der Waals surface area contributed by atoms with Crippen molar-refractivity contribution in [2.75, 3.05) is 0 Å². The third kappa shape index (κ3) is 1.37. The zero-order valence-corrected chi connectivity index (χ0v) is 8.51. The van der Waals surface area contributed by atoms with Crippen molar-refractivity contribution in [3.8, 4) is 5.75 Å². The lowest BCUT2D eigenvalue weighted by Gasteiger charge is -1.99. The molecule has 0 bridgehead atoms. The van der Waals surface area contributed by atoms with Crippen molar-refractivity contribution in [3.63, 3.8) is 0 Å². The fourth-order valence-corrected chi connectivity index (χ4v) is 1.74. The van der Waals surface area contributed by atoms with Gasteiger partial charge < -0.3 is 5.11 Å². The summed E-state index contributed by atoms with van der Waals surface area (Å²) in [5, 5.41) is 9.69. The molecule has 2 aliphatic rings. The summed E-state index contributed by atoms with van der Waals surface area (Å²) >= 11 is 0. The van der Waals surface area contributed by atoms with Crippen molar-refractivity contribution in [3.05, 3.63) is 53.8 Å². The second-order valence-electron chi connectivity index (χ2n) is 3.62. The highest BCUT2D eigenvalue weighted by Gasteiger charge is 2.19. The quantitative estimate of drug-likeness (QED) is 0.757. The van der Waals surface area contributed by atoms with Crippen molar-refractivity contribution in [2.24, 2.45) is 9.98 Å². The van der Waals surface area contributed by atoms with Crippen LogP contribution in [-0.4, -0.2) is 16.7 Å². The molecule has 3 rings (SSSR count). The zero-order valence-electron chi connectivity index (χ0n) is 8.51. The molecule has 0 fully saturated rings. The van der Waals surface area contributed by atoms with Gasteiger partial charge in [-0.1, -0.05) is 18.2 Å². The Labute approximate surface area is 93.2 Å². The molecule has 1 radical (unpaired) electrons. The van der Waals surface area contributed by atoms with E-state index >= 15 is 0 Å². The Morgan fingerprint density at radius 2 is 2.25 bits per heavy atom. The number of hydrogen-bond donors (Lipinski definition) is 1. The van der Waals surface area contributed by atoms with Crippen molar-refractivity contribution in [1.29, 1.82) is 0 Å². The molecule has 3 heteroatoms. The van der Waals surface area contributed by atoms with Crippen LogP contribution in [0.3, 0.4) is 0 Å². The molecule has 1 aliphatic carbocycles. The molecule has 1 aliphatic heterocycles. The van der Waals surface area contributed by atoms with E-state index in [1.54, 1.807) is 12.1 Å². The third-order valence-corrected chi connectivity index (χ3v) is 2.55. The normalized spacial score (nSPS) is 17.6. The standard InChI is InChI=1S/C13H9N2O/c16-12-8-4-1-5-9(12)13-14-10-6-2-3-7-11(10)15-13/h1-3,5-6,8,16H,7H2. The minimum Gasteiger partial charge on any atom is -0.507 e. The number of fused-ring (bicyclic) bond motifs is 1. The van der Waals surface area contributed by atoms with Gasteiger partial charge in [0, 0.05) is 6.42 Å². The van der Waals surface area contributed by atoms with Crippen LogP contribution >= 0.6 is 0 Å². The van der Waals surface area contributed by atoms with Crippen LogP contribution in [0, 0.1) is 6.07 Å². The number of allylic oxidation sites excluding steroid dienone is 4. The fourth-order valence-electron chi connectivity index (χ4n) is 1.74. The minimum absolute atomic E-state index is 0.165. The predicted molar refractivity (Wildman–Crippen MR) is 62.8 cm³/mol. The third-order valence-electron chi connectivity index (χ3n) is 2.55. The van der Waals surface area contributed by atoms with Gasteiger partial charge in [-0.3, -0.25) is 0 Å². The Morgan fingerprint density at radius 3 is 3.06 bits per heavy atom. The van der Waals surface area contributed by atoms with Crippen molar-refractivity contribution < 1.29 is 5.11 Å². The molecular weight excluding hydrogens is 200 g/mol. The average molecular weight is 209 g/mol. The van der Waals surface area contributed by atoms with Gasteiger partial charge in [0.15, 0.2) is 5.84 Å². The van der Waals surface area contributed by atoms with Crippen LogP contribution in [0.5, 0.6) is 5.75 Å². The molecule has 0 atom stereocenters.